The topological polar surface area (TPSA) is 33.5 Å². The third-order valence-corrected chi connectivity index (χ3v) is 14.4. The minimum Gasteiger partial charge on any atom is -0.457 e. The van der Waals surface area contributed by atoms with Crippen molar-refractivity contribution in [1.29, 1.82) is 0 Å². The van der Waals surface area contributed by atoms with E-state index in [0.29, 0.717) is 6.67 Å². The van der Waals surface area contributed by atoms with Gasteiger partial charge in [0.05, 0.1) is 17.7 Å². The molecule has 0 saturated carbocycles. The molecule has 346 valence electrons. The van der Waals surface area contributed by atoms with E-state index in [-0.39, 0.29) is 21.7 Å². The van der Waals surface area contributed by atoms with Gasteiger partial charge in [-0.1, -0.05) is 172 Å². The van der Waals surface area contributed by atoms with E-state index in [0.717, 1.165) is 50.6 Å². The maximum atomic E-state index is 7.03. The lowest BCUT2D eigenvalue weighted by Crippen LogP contribution is -2.26. The number of ether oxygens (including phenoxy) is 1. The SMILES string of the molecule is CC(C)(C)c1cc(N2C=CN(c3cc(Oc4ccc5c6cc(C(C)(C)c7ccccc7)ccc6n(-c6cc(C(C)(C)c7ccccc7)ccn6)c5c4)cc(-c4ccccc4)c3)C2)cc(C(C)(C)C)c1. The molecular weight excluding hydrogens is 841 g/mol. The smallest absolute Gasteiger partial charge is 0.137 e. The summed E-state index contributed by atoms with van der Waals surface area (Å²) in [6, 6.07) is 63.7. The third-order valence-electron chi connectivity index (χ3n) is 14.4. The molecule has 1 aliphatic rings. The number of benzene rings is 7. The van der Waals surface area contributed by atoms with Gasteiger partial charge >= 0.3 is 0 Å². The molecule has 5 nitrogen and oxygen atoms in total. The van der Waals surface area contributed by atoms with Crippen molar-refractivity contribution in [2.24, 2.45) is 0 Å². The summed E-state index contributed by atoms with van der Waals surface area (Å²) in [7, 11) is 0. The summed E-state index contributed by atoms with van der Waals surface area (Å²) >= 11 is 0. The fraction of sp³-hybridized carbons (Fsp3) is 0.234. The molecule has 0 aliphatic carbocycles. The number of hydrogen-bond donors (Lipinski definition) is 0. The van der Waals surface area contributed by atoms with Gasteiger partial charge in [0.1, 0.15) is 17.3 Å². The van der Waals surface area contributed by atoms with Gasteiger partial charge in [-0.05, 0) is 116 Å². The summed E-state index contributed by atoms with van der Waals surface area (Å²) in [6.45, 7) is 23.7. The van der Waals surface area contributed by atoms with Gasteiger partial charge in [0.15, 0.2) is 0 Å². The Morgan fingerprint density at radius 2 is 0.971 bits per heavy atom. The van der Waals surface area contributed by atoms with E-state index in [1.54, 1.807) is 0 Å². The summed E-state index contributed by atoms with van der Waals surface area (Å²) in [4.78, 5) is 9.75. The molecule has 5 heteroatoms. The van der Waals surface area contributed by atoms with Gasteiger partial charge in [-0.25, -0.2) is 4.98 Å². The zero-order valence-corrected chi connectivity index (χ0v) is 41.9. The number of pyridine rings is 1. The molecule has 0 amide bonds. The predicted molar refractivity (Wildman–Crippen MR) is 290 cm³/mol. The Balaban J connectivity index is 1.07. The van der Waals surface area contributed by atoms with Gasteiger partial charge in [0.2, 0.25) is 0 Å². The Morgan fingerprint density at radius 3 is 1.57 bits per heavy atom. The maximum Gasteiger partial charge on any atom is 0.137 e. The Labute approximate surface area is 409 Å². The van der Waals surface area contributed by atoms with Crippen molar-refractivity contribution in [3.63, 3.8) is 0 Å². The van der Waals surface area contributed by atoms with Crippen LogP contribution in [0.1, 0.15) is 103 Å². The lowest BCUT2D eigenvalue weighted by molar-refractivity contribution is 0.483. The highest BCUT2D eigenvalue weighted by atomic mass is 16.5. The van der Waals surface area contributed by atoms with Crippen LogP contribution in [0.15, 0.2) is 195 Å². The van der Waals surface area contributed by atoms with E-state index in [4.69, 9.17) is 9.72 Å². The van der Waals surface area contributed by atoms with Crippen LogP contribution in [0, 0.1) is 0 Å². The van der Waals surface area contributed by atoms with Crippen LogP contribution in [0.3, 0.4) is 0 Å². The fourth-order valence-corrected chi connectivity index (χ4v) is 9.81. The molecule has 69 heavy (non-hydrogen) atoms. The summed E-state index contributed by atoms with van der Waals surface area (Å²) in [6.07, 6.45) is 6.34. The monoisotopic (exact) mass is 905 g/mol. The number of rotatable bonds is 10. The second kappa shape index (κ2) is 17.3. The zero-order chi connectivity index (χ0) is 48.3. The van der Waals surface area contributed by atoms with Crippen molar-refractivity contribution >= 4 is 33.2 Å². The van der Waals surface area contributed by atoms with Crippen LogP contribution < -0.4 is 14.5 Å². The molecule has 0 saturated heterocycles. The fourth-order valence-electron chi connectivity index (χ4n) is 9.81. The number of nitrogens with zero attached hydrogens (tertiary/aromatic N) is 4. The first-order valence-electron chi connectivity index (χ1n) is 24.4. The Bertz CT molecular complexity index is 3320. The van der Waals surface area contributed by atoms with Crippen molar-refractivity contribution in [2.75, 3.05) is 16.5 Å². The normalized spacial score (nSPS) is 13.5. The van der Waals surface area contributed by atoms with E-state index >= 15 is 0 Å². The molecule has 9 aromatic rings. The van der Waals surface area contributed by atoms with Crippen LogP contribution in [0.5, 0.6) is 11.5 Å². The first kappa shape index (κ1) is 45.4. The van der Waals surface area contributed by atoms with Crippen LogP contribution in [0.25, 0.3) is 38.8 Å². The molecule has 3 heterocycles. The van der Waals surface area contributed by atoms with Crippen LogP contribution >= 0.6 is 0 Å². The second-order valence-electron chi connectivity index (χ2n) is 22.0. The van der Waals surface area contributed by atoms with Gasteiger partial charge < -0.3 is 14.5 Å². The first-order chi connectivity index (χ1) is 32.9. The Morgan fingerprint density at radius 1 is 0.406 bits per heavy atom. The zero-order valence-electron chi connectivity index (χ0n) is 41.9. The largest absolute Gasteiger partial charge is 0.457 e. The number of anilines is 2. The van der Waals surface area contributed by atoms with E-state index in [9.17, 15) is 0 Å². The van der Waals surface area contributed by atoms with Gasteiger partial charge in [0, 0.05) is 63.7 Å². The molecule has 0 fully saturated rings. The molecular formula is C64H64N4O. The predicted octanol–water partition coefficient (Wildman–Crippen LogP) is 16.6. The lowest BCUT2D eigenvalue weighted by atomic mass is 9.78. The molecule has 0 spiro atoms. The average molecular weight is 905 g/mol. The van der Waals surface area contributed by atoms with Gasteiger partial charge in [0.25, 0.3) is 0 Å². The average Bonchev–Trinajstić information content (AvgIpc) is 3.98. The molecule has 0 N–H and O–H groups in total. The highest BCUT2D eigenvalue weighted by molar-refractivity contribution is 6.10. The van der Waals surface area contributed by atoms with Crippen molar-refractivity contribution in [3.05, 3.63) is 228 Å². The summed E-state index contributed by atoms with van der Waals surface area (Å²) in [5, 5.41) is 2.32. The summed E-state index contributed by atoms with van der Waals surface area (Å²) in [5.74, 6) is 2.38. The molecule has 0 unspecified atom stereocenters. The molecule has 0 radical (unpaired) electrons. The molecule has 2 aromatic heterocycles. The van der Waals surface area contributed by atoms with Crippen molar-refractivity contribution in [2.45, 2.75) is 90.9 Å². The standard InChI is InChI=1S/C64H64N4O/c1-61(2,3)50-36-51(62(4,5)6)38-53(37-50)67-33-32-66(43-67)52-34-45(44-20-14-11-15-21-44)35-55(41-52)69-54-27-28-56-57-39-48(63(7,8)46-22-16-12-17-23-46)26-29-58(57)68(59(56)42-54)60-40-49(30-31-65-60)64(9,10)47-24-18-13-19-25-47/h11-42H,43H2,1-10H3. The minimum atomic E-state index is -0.242. The van der Waals surface area contributed by atoms with Crippen LogP contribution in [0.2, 0.25) is 0 Å². The lowest BCUT2D eigenvalue weighted by Gasteiger charge is -2.29. The minimum absolute atomic E-state index is 0.0226. The molecule has 10 rings (SSSR count). The Hall–Kier alpha value is -7.37. The summed E-state index contributed by atoms with van der Waals surface area (Å²) < 4.78 is 9.34. The van der Waals surface area contributed by atoms with Gasteiger partial charge in [-0.3, -0.25) is 4.57 Å². The Kier molecular flexibility index (Phi) is 11.4. The maximum absolute atomic E-state index is 7.03. The van der Waals surface area contributed by atoms with E-state index in [1.165, 1.54) is 44.5 Å². The van der Waals surface area contributed by atoms with Crippen molar-refractivity contribution < 1.29 is 4.74 Å². The molecule has 0 atom stereocenters. The highest BCUT2D eigenvalue weighted by Crippen LogP contribution is 2.42. The van der Waals surface area contributed by atoms with Gasteiger partial charge in [-0.2, -0.15) is 0 Å². The second-order valence-corrected chi connectivity index (χ2v) is 22.0. The van der Waals surface area contributed by atoms with E-state index in [2.05, 4.69) is 272 Å². The van der Waals surface area contributed by atoms with Crippen molar-refractivity contribution in [3.8, 4) is 28.4 Å². The van der Waals surface area contributed by atoms with E-state index in [1.807, 2.05) is 6.20 Å². The quantitative estimate of drug-likeness (QED) is 0.137. The molecule has 7 aromatic carbocycles. The number of aromatic nitrogens is 2. The molecule has 1 aliphatic heterocycles. The third kappa shape index (κ3) is 8.83. The van der Waals surface area contributed by atoms with Crippen LogP contribution in [0.4, 0.5) is 11.4 Å². The van der Waals surface area contributed by atoms with Crippen LogP contribution in [-0.4, -0.2) is 16.2 Å². The highest BCUT2D eigenvalue weighted by Gasteiger charge is 2.28. The van der Waals surface area contributed by atoms with Crippen LogP contribution in [-0.2, 0) is 21.7 Å². The van der Waals surface area contributed by atoms with Gasteiger partial charge in [-0.15, -0.1) is 0 Å². The van der Waals surface area contributed by atoms with E-state index < -0.39 is 0 Å². The first-order valence-corrected chi connectivity index (χ1v) is 24.4. The summed E-state index contributed by atoms with van der Waals surface area (Å²) in [5.41, 5.74) is 13.9. The molecule has 0 bridgehead atoms. The number of fused-ring (bicyclic) bond motifs is 3. The van der Waals surface area contributed by atoms with Crippen molar-refractivity contribution in [1.82, 2.24) is 9.55 Å². The number of hydrogen-bond acceptors (Lipinski definition) is 4.